The third kappa shape index (κ3) is 2.92. The third-order valence-corrected chi connectivity index (χ3v) is 4.10. The molecule has 1 saturated heterocycles. The Morgan fingerprint density at radius 3 is 2.89 bits per heavy atom. The van der Waals surface area contributed by atoms with Gasteiger partial charge in [0.25, 0.3) is 0 Å². The number of aryl methyl sites for hydroxylation is 1. The minimum Gasteiger partial charge on any atom is -0.396 e. The molecule has 104 valence electrons. The Morgan fingerprint density at radius 2 is 2.26 bits per heavy atom. The van der Waals surface area contributed by atoms with Crippen LogP contribution in [0.5, 0.6) is 0 Å². The van der Waals surface area contributed by atoms with Gasteiger partial charge in [0.1, 0.15) is 6.04 Å². The van der Waals surface area contributed by atoms with E-state index in [0.717, 1.165) is 10.2 Å². The van der Waals surface area contributed by atoms with E-state index in [1.807, 2.05) is 25.1 Å². The van der Waals surface area contributed by atoms with Crippen molar-refractivity contribution in [1.82, 2.24) is 5.32 Å². The summed E-state index contributed by atoms with van der Waals surface area (Å²) >= 11 is 3.57. The number of carbonyl (C=O) groups excluding carboxylic acids is 1. The van der Waals surface area contributed by atoms with Gasteiger partial charge in [-0.1, -0.05) is 6.07 Å². The van der Waals surface area contributed by atoms with Gasteiger partial charge in [0.15, 0.2) is 0 Å². The summed E-state index contributed by atoms with van der Waals surface area (Å²) in [6, 6.07) is 6.00. The maximum Gasteiger partial charge on any atom is 0.242 e. The van der Waals surface area contributed by atoms with Crippen LogP contribution in [0.3, 0.4) is 0 Å². The molecule has 1 aromatic rings. The minimum absolute atomic E-state index is 0.00475. The zero-order valence-electron chi connectivity index (χ0n) is 11.2. The van der Waals surface area contributed by atoms with Crippen LogP contribution >= 0.6 is 15.9 Å². The summed E-state index contributed by atoms with van der Waals surface area (Å²) in [6.07, 6.45) is 0.441. The number of amides is 1. The lowest BCUT2D eigenvalue weighted by molar-refractivity contribution is -0.124. The second kappa shape index (κ2) is 5.92. The Kier molecular flexibility index (Phi) is 4.47. The normalized spacial score (nSPS) is 23.4. The number of hydrogen-bond donors (Lipinski definition) is 2. The molecule has 19 heavy (non-hydrogen) atoms. The van der Waals surface area contributed by atoms with Gasteiger partial charge < -0.3 is 15.3 Å². The first-order valence-electron chi connectivity index (χ1n) is 6.47. The van der Waals surface area contributed by atoms with E-state index in [4.69, 9.17) is 0 Å². The largest absolute Gasteiger partial charge is 0.396 e. The van der Waals surface area contributed by atoms with Crippen LogP contribution in [0.1, 0.15) is 18.9 Å². The summed E-state index contributed by atoms with van der Waals surface area (Å²) in [4.78, 5) is 14.1. The molecule has 1 heterocycles. The Hall–Kier alpha value is -1.07. The van der Waals surface area contributed by atoms with Crippen molar-refractivity contribution in [2.24, 2.45) is 0 Å². The number of nitrogens with zero attached hydrogens (tertiary/aromatic N) is 1. The zero-order valence-corrected chi connectivity index (χ0v) is 12.8. The molecule has 2 atom stereocenters. The van der Waals surface area contributed by atoms with E-state index in [1.54, 1.807) is 0 Å². The smallest absolute Gasteiger partial charge is 0.242 e. The lowest BCUT2D eigenvalue weighted by Crippen LogP contribution is -2.60. The van der Waals surface area contributed by atoms with Gasteiger partial charge in [-0.15, -0.1) is 0 Å². The maximum absolute atomic E-state index is 12.0. The van der Waals surface area contributed by atoms with Crippen molar-refractivity contribution >= 4 is 27.5 Å². The van der Waals surface area contributed by atoms with E-state index in [0.29, 0.717) is 13.0 Å². The molecule has 2 rings (SSSR count). The standard InChI is InChI=1S/C14H19BrN2O2/c1-9-3-4-12(11(15)7-9)17-10(2)8-16-14(19)13(17)5-6-18/h3-4,7,10,13,18H,5-6,8H2,1-2H3,(H,16,19). The van der Waals surface area contributed by atoms with Crippen LogP contribution in [0, 0.1) is 6.92 Å². The summed E-state index contributed by atoms with van der Waals surface area (Å²) in [7, 11) is 0. The molecule has 0 bridgehead atoms. The number of aliphatic hydroxyl groups excluding tert-OH is 1. The average Bonchev–Trinajstić information content (AvgIpc) is 2.36. The van der Waals surface area contributed by atoms with Crippen LogP contribution in [0.4, 0.5) is 5.69 Å². The first kappa shape index (κ1) is 14.3. The van der Waals surface area contributed by atoms with Crippen LogP contribution in [-0.4, -0.2) is 36.2 Å². The van der Waals surface area contributed by atoms with E-state index in [-0.39, 0.29) is 24.6 Å². The van der Waals surface area contributed by atoms with Crippen LogP contribution in [-0.2, 0) is 4.79 Å². The minimum atomic E-state index is -0.312. The molecule has 4 nitrogen and oxygen atoms in total. The van der Waals surface area contributed by atoms with E-state index in [1.165, 1.54) is 5.56 Å². The molecule has 0 aliphatic carbocycles. The molecular formula is C14H19BrN2O2. The van der Waals surface area contributed by atoms with Gasteiger partial charge in [-0.25, -0.2) is 0 Å². The highest BCUT2D eigenvalue weighted by Crippen LogP contribution is 2.32. The quantitative estimate of drug-likeness (QED) is 0.891. The van der Waals surface area contributed by atoms with Crippen molar-refractivity contribution in [1.29, 1.82) is 0 Å². The maximum atomic E-state index is 12.0. The zero-order chi connectivity index (χ0) is 14.0. The summed E-state index contributed by atoms with van der Waals surface area (Å²) in [5.41, 5.74) is 2.18. The average molecular weight is 327 g/mol. The molecule has 1 fully saturated rings. The first-order chi connectivity index (χ1) is 9.04. The van der Waals surface area contributed by atoms with Gasteiger partial charge in [-0.2, -0.15) is 0 Å². The molecule has 1 aliphatic rings. The highest BCUT2D eigenvalue weighted by Gasteiger charge is 2.34. The number of rotatable bonds is 3. The Balaban J connectivity index is 2.39. The molecule has 2 unspecified atom stereocenters. The third-order valence-electron chi connectivity index (χ3n) is 3.47. The Labute approximate surface area is 121 Å². The predicted molar refractivity (Wildman–Crippen MR) is 79.3 cm³/mol. The molecule has 0 saturated carbocycles. The van der Waals surface area contributed by atoms with E-state index in [9.17, 15) is 9.90 Å². The molecule has 1 aromatic carbocycles. The Bertz CT molecular complexity index is 479. The molecule has 5 heteroatoms. The van der Waals surface area contributed by atoms with Gasteiger partial charge in [0, 0.05) is 23.7 Å². The first-order valence-corrected chi connectivity index (χ1v) is 7.27. The van der Waals surface area contributed by atoms with Crippen LogP contribution < -0.4 is 10.2 Å². The molecule has 2 N–H and O–H groups in total. The predicted octanol–water partition coefficient (Wildman–Crippen LogP) is 1.83. The van der Waals surface area contributed by atoms with E-state index >= 15 is 0 Å². The van der Waals surface area contributed by atoms with Crippen LogP contribution in [0.2, 0.25) is 0 Å². The molecule has 1 aliphatic heterocycles. The number of aliphatic hydroxyl groups is 1. The second-order valence-electron chi connectivity index (χ2n) is 4.98. The van der Waals surface area contributed by atoms with Crippen molar-refractivity contribution in [2.75, 3.05) is 18.1 Å². The highest BCUT2D eigenvalue weighted by molar-refractivity contribution is 9.10. The van der Waals surface area contributed by atoms with Crippen LogP contribution in [0.15, 0.2) is 22.7 Å². The number of benzene rings is 1. The summed E-state index contributed by atoms with van der Waals surface area (Å²) in [5, 5.41) is 12.1. The number of piperazine rings is 1. The molecule has 0 spiro atoms. The van der Waals surface area contributed by atoms with E-state index in [2.05, 4.69) is 33.1 Å². The fraction of sp³-hybridized carbons (Fsp3) is 0.500. The van der Waals surface area contributed by atoms with Crippen LogP contribution in [0.25, 0.3) is 0 Å². The highest BCUT2D eigenvalue weighted by atomic mass is 79.9. The van der Waals surface area contributed by atoms with Crippen molar-refractivity contribution < 1.29 is 9.90 Å². The van der Waals surface area contributed by atoms with Gasteiger partial charge >= 0.3 is 0 Å². The lowest BCUT2D eigenvalue weighted by atomic mass is 10.0. The number of anilines is 1. The van der Waals surface area contributed by atoms with E-state index < -0.39 is 0 Å². The number of carbonyl (C=O) groups is 1. The van der Waals surface area contributed by atoms with Gasteiger partial charge in [-0.05, 0) is 53.9 Å². The number of hydrogen-bond acceptors (Lipinski definition) is 3. The van der Waals surface area contributed by atoms with Crippen molar-refractivity contribution in [2.45, 2.75) is 32.4 Å². The SMILES string of the molecule is Cc1ccc(N2C(C)CNC(=O)C2CCO)c(Br)c1. The molecular weight excluding hydrogens is 308 g/mol. The summed E-state index contributed by atoms with van der Waals surface area (Å²) in [5.74, 6) is -0.0142. The van der Waals surface area contributed by atoms with Gasteiger partial charge in [0.05, 0.1) is 5.69 Å². The Morgan fingerprint density at radius 1 is 1.53 bits per heavy atom. The second-order valence-corrected chi connectivity index (χ2v) is 5.84. The number of nitrogens with one attached hydrogen (secondary N) is 1. The van der Waals surface area contributed by atoms with Crippen molar-refractivity contribution in [3.05, 3.63) is 28.2 Å². The molecule has 0 radical (unpaired) electrons. The van der Waals surface area contributed by atoms with Crippen molar-refractivity contribution in [3.8, 4) is 0 Å². The monoisotopic (exact) mass is 326 g/mol. The lowest BCUT2D eigenvalue weighted by Gasteiger charge is -2.42. The fourth-order valence-electron chi connectivity index (χ4n) is 2.52. The molecule has 1 amide bonds. The number of halogens is 1. The summed E-state index contributed by atoms with van der Waals surface area (Å²) < 4.78 is 0.983. The fourth-order valence-corrected chi connectivity index (χ4v) is 3.22. The van der Waals surface area contributed by atoms with Gasteiger partial charge in [-0.3, -0.25) is 4.79 Å². The summed E-state index contributed by atoms with van der Waals surface area (Å²) in [6.45, 7) is 4.74. The van der Waals surface area contributed by atoms with Gasteiger partial charge in [0.2, 0.25) is 5.91 Å². The topological polar surface area (TPSA) is 52.6 Å². The molecule has 0 aromatic heterocycles. The van der Waals surface area contributed by atoms with Crippen molar-refractivity contribution in [3.63, 3.8) is 0 Å².